The van der Waals surface area contributed by atoms with Crippen LogP contribution in [0.2, 0.25) is 0 Å². The Morgan fingerprint density at radius 3 is 2.42 bits per heavy atom. The Morgan fingerprint density at radius 2 is 1.79 bits per heavy atom. The monoisotopic (exact) mass is 484 g/mol. The molecule has 0 aliphatic carbocycles. The smallest absolute Gasteiger partial charge is 0.276 e. The quantitative estimate of drug-likeness (QED) is 0.191. The van der Waals surface area contributed by atoms with E-state index in [2.05, 4.69) is 5.32 Å². The molecule has 1 aliphatic rings. The molecule has 1 saturated heterocycles. The van der Waals surface area contributed by atoms with Crippen LogP contribution < -0.4 is 14.8 Å². The van der Waals surface area contributed by atoms with E-state index in [1.807, 2.05) is 0 Å². The van der Waals surface area contributed by atoms with Gasteiger partial charge in [-0.05, 0) is 42.4 Å². The highest BCUT2D eigenvalue weighted by Gasteiger charge is 2.30. The third kappa shape index (κ3) is 5.42. The second kappa shape index (κ2) is 10.6. The van der Waals surface area contributed by atoms with Gasteiger partial charge in [0.25, 0.3) is 5.91 Å². The van der Waals surface area contributed by atoms with Gasteiger partial charge in [0.1, 0.15) is 18.1 Å². The van der Waals surface area contributed by atoms with Crippen molar-refractivity contribution in [1.82, 2.24) is 10.2 Å². The molecule has 0 unspecified atom stereocenters. The number of carbonyl (C=O) groups is 1. The van der Waals surface area contributed by atoms with Gasteiger partial charge in [0.15, 0.2) is 22.5 Å². The van der Waals surface area contributed by atoms with E-state index < -0.39 is 35.6 Å². The van der Waals surface area contributed by atoms with Crippen molar-refractivity contribution in [2.24, 2.45) is 0 Å². The Hall–Kier alpha value is -3.18. The summed E-state index contributed by atoms with van der Waals surface area (Å²) in [7, 11) is 2.94. The van der Waals surface area contributed by atoms with Gasteiger partial charge in [-0.2, -0.15) is 8.78 Å². The molecule has 0 aromatic heterocycles. The summed E-state index contributed by atoms with van der Waals surface area (Å²) in [6.45, 7) is 0.405. The number of benzene rings is 2. The number of halogens is 4. The van der Waals surface area contributed by atoms with Crippen LogP contribution in [0.3, 0.4) is 0 Å². The van der Waals surface area contributed by atoms with Crippen molar-refractivity contribution in [1.29, 1.82) is 0 Å². The largest absolute Gasteiger partial charge is 0.496 e. The summed E-state index contributed by atoms with van der Waals surface area (Å²) in [5.74, 6) is -7.63. The first kappa shape index (κ1) is 24.5. The maximum absolute atomic E-state index is 13.9. The number of nitrogens with one attached hydrogen (secondary N) is 1. The number of amides is 1. The highest BCUT2D eigenvalue weighted by atomic mass is 32.1. The minimum absolute atomic E-state index is 0.0968. The van der Waals surface area contributed by atoms with Gasteiger partial charge in [0.05, 0.1) is 7.11 Å². The fourth-order valence-corrected chi connectivity index (χ4v) is 3.42. The van der Waals surface area contributed by atoms with Crippen LogP contribution in [0.25, 0.3) is 6.08 Å². The molecular formula is C22H20F4N2O4S. The maximum atomic E-state index is 13.9. The number of nitrogens with zero attached hydrogens (tertiary/aromatic N) is 1. The molecule has 0 radical (unpaired) electrons. The van der Waals surface area contributed by atoms with Gasteiger partial charge in [0, 0.05) is 31.9 Å². The van der Waals surface area contributed by atoms with Gasteiger partial charge >= 0.3 is 0 Å². The van der Waals surface area contributed by atoms with E-state index in [1.54, 1.807) is 25.3 Å². The van der Waals surface area contributed by atoms with Crippen molar-refractivity contribution in [3.8, 4) is 11.5 Å². The number of carbonyl (C=O) groups excluding carboxylic acids is 1. The number of rotatable bonds is 9. The topological polar surface area (TPSA) is 60.0 Å². The molecule has 6 nitrogen and oxygen atoms in total. The van der Waals surface area contributed by atoms with Crippen LogP contribution in [0.15, 0.2) is 30.0 Å². The summed E-state index contributed by atoms with van der Waals surface area (Å²) in [5, 5.41) is 3.11. The Balaban J connectivity index is 1.82. The van der Waals surface area contributed by atoms with Gasteiger partial charge in [-0.25, -0.2) is 8.78 Å². The molecule has 2 aromatic rings. The van der Waals surface area contributed by atoms with E-state index in [0.717, 1.165) is 0 Å². The predicted molar refractivity (Wildman–Crippen MR) is 116 cm³/mol. The van der Waals surface area contributed by atoms with Crippen LogP contribution in [0.1, 0.15) is 17.5 Å². The number of thiocarbonyl (C=S) groups is 1. The standard InChI is InChI=1S/C22H20F4N2O4S/c1-30-7-3-6-28-21(29)16(27-22(28)33)9-12-4-5-17(31-2)13(8-12)11-32-20-18(25)14(23)10-15(24)19(20)26/h4-5,8-10H,3,6-7,11H2,1-2H3,(H,27,33)/b16-9+. The number of ether oxygens (including phenoxy) is 3. The summed E-state index contributed by atoms with van der Waals surface area (Å²) in [6.07, 6.45) is 2.14. The van der Waals surface area contributed by atoms with Gasteiger partial charge < -0.3 is 19.5 Å². The molecule has 1 amide bonds. The van der Waals surface area contributed by atoms with E-state index in [0.29, 0.717) is 36.4 Å². The van der Waals surface area contributed by atoms with Crippen molar-refractivity contribution < 1.29 is 36.6 Å². The van der Waals surface area contributed by atoms with E-state index in [9.17, 15) is 22.4 Å². The lowest BCUT2D eigenvalue weighted by Gasteiger charge is -2.13. The normalized spacial score (nSPS) is 14.7. The average molecular weight is 484 g/mol. The minimum atomic E-state index is -1.64. The molecule has 33 heavy (non-hydrogen) atoms. The molecule has 11 heteroatoms. The van der Waals surface area contributed by atoms with Crippen LogP contribution in [0.5, 0.6) is 11.5 Å². The predicted octanol–water partition coefficient (Wildman–Crippen LogP) is 3.92. The first-order valence-electron chi connectivity index (χ1n) is 9.73. The first-order chi connectivity index (χ1) is 15.8. The molecule has 0 atom stereocenters. The van der Waals surface area contributed by atoms with Crippen molar-refractivity contribution >= 4 is 29.3 Å². The van der Waals surface area contributed by atoms with E-state index in [4.69, 9.17) is 26.4 Å². The van der Waals surface area contributed by atoms with Crippen LogP contribution in [0, 0.1) is 23.3 Å². The van der Waals surface area contributed by atoms with Crippen molar-refractivity contribution in [3.05, 3.63) is 64.4 Å². The SMILES string of the molecule is COCCCN1C(=O)/C(=C\c2ccc(OC)c(COc3c(F)c(F)cc(F)c3F)c2)NC1=S. The second-order valence-corrected chi connectivity index (χ2v) is 7.34. The van der Waals surface area contributed by atoms with Crippen LogP contribution in [0.4, 0.5) is 17.6 Å². The summed E-state index contributed by atoms with van der Waals surface area (Å²) in [6, 6.07) is 4.84. The van der Waals surface area contributed by atoms with Crippen molar-refractivity contribution in [2.75, 3.05) is 27.4 Å². The maximum Gasteiger partial charge on any atom is 0.276 e. The van der Waals surface area contributed by atoms with E-state index in [1.165, 1.54) is 18.1 Å². The first-order valence-corrected chi connectivity index (χ1v) is 10.1. The summed E-state index contributed by atoms with van der Waals surface area (Å²) >= 11 is 5.21. The molecule has 0 bridgehead atoms. The minimum Gasteiger partial charge on any atom is -0.496 e. The lowest BCUT2D eigenvalue weighted by molar-refractivity contribution is -0.122. The lowest BCUT2D eigenvalue weighted by Crippen LogP contribution is -2.32. The summed E-state index contributed by atoms with van der Waals surface area (Å²) in [4.78, 5) is 14.0. The zero-order valence-corrected chi connectivity index (χ0v) is 18.5. The molecular weight excluding hydrogens is 464 g/mol. The molecule has 1 N–H and O–H groups in total. The number of hydrogen-bond acceptors (Lipinski definition) is 5. The third-order valence-corrected chi connectivity index (χ3v) is 5.07. The molecule has 1 aliphatic heterocycles. The number of hydrogen-bond donors (Lipinski definition) is 1. The Kier molecular flexibility index (Phi) is 7.88. The van der Waals surface area contributed by atoms with E-state index in [-0.39, 0.29) is 22.8 Å². The van der Waals surface area contributed by atoms with Gasteiger partial charge in [-0.1, -0.05) is 6.07 Å². The molecule has 3 rings (SSSR count). The van der Waals surface area contributed by atoms with Crippen LogP contribution in [-0.2, 0) is 16.1 Å². The Bertz CT molecular complexity index is 1080. The molecule has 0 spiro atoms. The zero-order chi connectivity index (χ0) is 24.1. The molecule has 176 valence electrons. The van der Waals surface area contributed by atoms with Crippen LogP contribution >= 0.6 is 12.2 Å². The van der Waals surface area contributed by atoms with Gasteiger partial charge in [-0.15, -0.1) is 0 Å². The number of methoxy groups -OCH3 is 2. The molecule has 1 fully saturated rings. The molecule has 2 aromatic carbocycles. The zero-order valence-electron chi connectivity index (χ0n) is 17.7. The lowest BCUT2D eigenvalue weighted by atomic mass is 10.1. The molecule has 1 heterocycles. The van der Waals surface area contributed by atoms with E-state index >= 15 is 0 Å². The Labute approximate surface area is 192 Å². The van der Waals surface area contributed by atoms with Gasteiger partial charge in [0.2, 0.25) is 11.6 Å². The fourth-order valence-electron chi connectivity index (χ4n) is 3.14. The summed E-state index contributed by atoms with van der Waals surface area (Å²) < 4.78 is 69.9. The fraction of sp³-hybridized carbons (Fsp3) is 0.273. The molecule has 0 saturated carbocycles. The van der Waals surface area contributed by atoms with Gasteiger partial charge in [-0.3, -0.25) is 9.69 Å². The highest BCUT2D eigenvalue weighted by Crippen LogP contribution is 2.29. The highest BCUT2D eigenvalue weighted by molar-refractivity contribution is 7.80. The third-order valence-electron chi connectivity index (χ3n) is 4.75. The average Bonchev–Trinajstić information content (AvgIpc) is 3.05. The van der Waals surface area contributed by atoms with Crippen molar-refractivity contribution in [2.45, 2.75) is 13.0 Å². The van der Waals surface area contributed by atoms with Crippen LogP contribution in [-0.4, -0.2) is 43.3 Å². The van der Waals surface area contributed by atoms with Crippen molar-refractivity contribution in [3.63, 3.8) is 0 Å². The second-order valence-electron chi connectivity index (χ2n) is 6.95. The Morgan fingerprint density at radius 1 is 1.09 bits per heavy atom. The summed E-state index contributed by atoms with van der Waals surface area (Å²) in [5.41, 5.74) is 1.08.